The molecule has 2 aromatic carbocycles. The summed E-state index contributed by atoms with van der Waals surface area (Å²) in [7, 11) is -3.83. The van der Waals surface area contributed by atoms with Gasteiger partial charge in [0.2, 0.25) is 15.9 Å². The highest BCUT2D eigenvalue weighted by molar-refractivity contribution is 7.89. The number of halogens is 2. The van der Waals surface area contributed by atoms with Gasteiger partial charge < -0.3 is 10.1 Å². The molecule has 134 valence electrons. The lowest BCUT2D eigenvalue weighted by Gasteiger charge is -2.14. The van der Waals surface area contributed by atoms with Crippen LogP contribution in [0.2, 0.25) is 0 Å². The fourth-order valence-corrected chi connectivity index (χ4v) is 3.15. The van der Waals surface area contributed by atoms with Gasteiger partial charge in [0.05, 0.1) is 10.9 Å². The summed E-state index contributed by atoms with van der Waals surface area (Å²) in [5, 5.41) is 2.49. The molecule has 0 fully saturated rings. The molecule has 0 bridgehead atoms. The quantitative estimate of drug-likeness (QED) is 0.785. The number of carbonyl (C=O) groups is 1. The molecule has 0 aromatic heterocycles. The van der Waals surface area contributed by atoms with Crippen LogP contribution in [0.5, 0.6) is 5.75 Å². The molecule has 2 N–H and O–H groups in total. The van der Waals surface area contributed by atoms with Crippen LogP contribution in [0.3, 0.4) is 0 Å². The maximum Gasteiger partial charge on any atom is 0.387 e. The standard InChI is InChI=1S/C16H16F2N2O4S/c1-11(20-25(22,23)14-5-3-2-4-6-14)15(21)19-12-7-9-13(10-8-12)24-16(17)18/h2-11,16,20H,1H3,(H,19,21)/t11-/m0/s1. The third-order valence-corrected chi connectivity index (χ3v) is 4.68. The van der Waals surface area contributed by atoms with Crippen molar-refractivity contribution in [3.8, 4) is 5.75 Å². The predicted octanol–water partition coefficient (Wildman–Crippen LogP) is 2.59. The normalized spacial score (nSPS) is 12.6. The van der Waals surface area contributed by atoms with Gasteiger partial charge in [-0.2, -0.15) is 13.5 Å². The molecule has 0 unspecified atom stereocenters. The molecule has 0 saturated heterocycles. The van der Waals surface area contributed by atoms with Crippen LogP contribution in [0.25, 0.3) is 0 Å². The zero-order chi connectivity index (χ0) is 18.4. The third-order valence-electron chi connectivity index (χ3n) is 3.13. The first-order valence-corrected chi connectivity index (χ1v) is 8.69. The van der Waals surface area contributed by atoms with Gasteiger partial charge >= 0.3 is 6.61 Å². The molecule has 25 heavy (non-hydrogen) atoms. The zero-order valence-electron chi connectivity index (χ0n) is 13.1. The molecule has 0 spiro atoms. The molecule has 0 aliphatic carbocycles. The summed E-state index contributed by atoms with van der Waals surface area (Å²) in [4.78, 5) is 12.1. The Morgan fingerprint density at radius 2 is 1.64 bits per heavy atom. The molecule has 0 radical (unpaired) electrons. The van der Waals surface area contributed by atoms with Crippen LogP contribution < -0.4 is 14.8 Å². The number of benzene rings is 2. The highest BCUT2D eigenvalue weighted by atomic mass is 32.2. The molecule has 0 heterocycles. The molecule has 0 saturated carbocycles. The number of alkyl halides is 2. The summed E-state index contributed by atoms with van der Waals surface area (Å²) in [5.41, 5.74) is 0.317. The van der Waals surface area contributed by atoms with Gasteiger partial charge in [-0.25, -0.2) is 8.42 Å². The van der Waals surface area contributed by atoms with E-state index < -0.39 is 28.6 Å². The van der Waals surface area contributed by atoms with E-state index in [0.29, 0.717) is 5.69 Å². The minimum atomic E-state index is -3.83. The van der Waals surface area contributed by atoms with Crippen LogP contribution >= 0.6 is 0 Å². The van der Waals surface area contributed by atoms with Gasteiger partial charge in [-0.1, -0.05) is 18.2 Å². The van der Waals surface area contributed by atoms with E-state index >= 15 is 0 Å². The highest BCUT2D eigenvalue weighted by Gasteiger charge is 2.21. The minimum absolute atomic E-state index is 0.0446. The topological polar surface area (TPSA) is 84.5 Å². The number of hydrogen-bond donors (Lipinski definition) is 2. The number of ether oxygens (including phenoxy) is 1. The SMILES string of the molecule is C[C@H](NS(=O)(=O)c1ccccc1)C(=O)Nc1ccc(OC(F)F)cc1. The van der Waals surface area contributed by atoms with E-state index in [4.69, 9.17) is 0 Å². The van der Waals surface area contributed by atoms with Crippen molar-refractivity contribution in [3.63, 3.8) is 0 Å². The summed E-state index contributed by atoms with van der Waals surface area (Å²) in [6.07, 6.45) is 0. The highest BCUT2D eigenvalue weighted by Crippen LogP contribution is 2.18. The van der Waals surface area contributed by atoms with E-state index in [0.717, 1.165) is 0 Å². The number of anilines is 1. The van der Waals surface area contributed by atoms with E-state index in [1.807, 2.05) is 0 Å². The lowest BCUT2D eigenvalue weighted by molar-refractivity contribution is -0.117. The Morgan fingerprint density at radius 1 is 1.04 bits per heavy atom. The second-order valence-electron chi connectivity index (χ2n) is 5.05. The first-order valence-electron chi connectivity index (χ1n) is 7.21. The van der Waals surface area contributed by atoms with Crippen molar-refractivity contribution >= 4 is 21.6 Å². The molecule has 1 amide bonds. The monoisotopic (exact) mass is 370 g/mol. The number of carbonyl (C=O) groups excluding carboxylic acids is 1. The smallest absolute Gasteiger partial charge is 0.387 e. The summed E-state index contributed by atoms with van der Waals surface area (Å²) >= 11 is 0. The van der Waals surface area contributed by atoms with Crippen molar-refractivity contribution in [2.45, 2.75) is 24.5 Å². The lowest BCUT2D eigenvalue weighted by atomic mass is 10.2. The van der Waals surface area contributed by atoms with Crippen LogP contribution in [0.15, 0.2) is 59.5 Å². The fraction of sp³-hybridized carbons (Fsp3) is 0.188. The zero-order valence-corrected chi connectivity index (χ0v) is 14.0. The average Bonchev–Trinajstić information content (AvgIpc) is 2.56. The average molecular weight is 370 g/mol. The number of nitrogens with one attached hydrogen (secondary N) is 2. The van der Waals surface area contributed by atoms with Crippen LogP contribution in [0.1, 0.15) is 6.92 Å². The van der Waals surface area contributed by atoms with E-state index in [1.165, 1.54) is 43.3 Å². The maximum atomic E-state index is 12.2. The molecule has 0 aliphatic heterocycles. The van der Waals surface area contributed by atoms with Crippen molar-refractivity contribution in [1.82, 2.24) is 4.72 Å². The Labute approximate surface area is 143 Å². The second kappa shape index (κ2) is 8.04. The first-order chi connectivity index (χ1) is 11.8. The second-order valence-corrected chi connectivity index (χ2v) is 6.76. The van der Waals surface area contributed by atoms with Gasteiger partial charge in [0.25, 0.3) is 0 Å². The minimum Gasteiger partial charge on any atom is -0.435 e. The van der Waals surface area contributed by atoms with Gasteiger partial charge in [0.1, 0.15) is 5.75 Å². The Morgan fingerprint density at radius 3 is 2.20 bits per heavy atom. The van der Waals surface area contributed by atoms with Crippen LogP contribution in [0.4, 0.5) is 14.5 Å². The summed E-state index contributed by atoms with van der Waals surface area (Å²) < 4.78 is 55.0. The van der Waals surface area contributed by atoms with Gasteiger partial charge in [-0.05, 0) is 43.3 Å². The largest absolute Gasteiger partial charge is 0.435 e. The summed E-state index contributed by atoms with van der Waals surface area (Å²) in [6.45, 7) is -1.54. The Bertz CT molecular complexity index is 812. The molecular weight excluding hydrogens is 354 g/mol. The van der Waals surface area contributed by atoms with Crippen molar-refractivity contribution in [2.75, 3.05) is 5.32 Å². The van der Waals surface area contributed by atoms with Crippen molar-refractivity contribution in [2.24, 2.45) is 0 Å². The lowest BCUT2D eigenvalue weighted by Crippen LogP contribution is -2.41. The van der Waals surface area contributed by atoms with Crippen molar-refractivity contribution < 1.29 is 26.7 Å². The third kappa shape index (κ3) is 5.50. The number of sulfonamides is 1. The molecule has 1 atom stereocenters. The van der Waals surface area contributed by atoms with Crippen molar-refractivity contribution in [3.05, 3.63) is 54.6 Å². The number of hydrogen-bond acceptors (Lipinski definition) is 4. The van der Waals surface area contributed by atoms with Gasteiger partial charge in [0, 0.05) is 5.69 Å². The number of rotatable bonds is 7. The van der Waals surface area contributed by atoms with Gasteiger partial charge in [-0.15, -0.1) is 0 Å². The molecule has 2 aromatic rings. The molecule has 6 nitrogen and oxygen atoms in total. The van der Waals surface area contributed by atoms with Gasteiger partial charge in [-0.3, -0.25) is 4.79 Å². The fourth-order valence-electron chi connectivity index (χ4n) is 1.92. The molecular formula is C16H16F2N2O4S. The molecule has 2 rings (SSSR count). The van der Waals surface area contributed by atoms with Gasteiger partial charge in [0.15, 0.2) is 0 Å². The van der Waals surface area contributed by atoms with E-state index in [1.54, 1.807) is 18.2 Å². The summed E-state index contributed by atoms with van der Waals surface area (Å²) in [6, 6.07) is 11.9. The first kappa shape index (κ1) is 18.8. The van der Waals surface area contributed by atoms with E-state index in [2.05, 4.69) is 14.8 Å². The maximum absolute atomic E-state index is 12.2. The van der Waals surface area contributed by atoms with Crippen LogP contribution in [0, 0.1) is 0 Å². The summed E-state index contributed by atoms with van der Waals surface area (Å²) in [5.74, 6) is -0.645. The molecule has 9 heteroatoms. The van der Waals surface area contributed by atoms with E-state index in [9.17, 15) is 22.0 Å². The molecule has 0 aliphatic rings. The Kier molecular flexibility index (Phi) is 6.05. The number of amides is 1. The predicted molar refractivity (Wildman–Crippen MR) is 87.9 cm³/mol. The van der Waals surface area contributed by atoms with Crippen molar-refractivity contribution in [1.29, 1.82) is 0 Å². The Hall–Kier alpha value is -2.52. The van der Waals surface area contributed by atoms with E-state index in [-0.39, 0.29) is 10.6 Å². The van der Waals surface area contributed by atoms with Crippen LogP contribution in [-0.4, -0.2) is 27.0 Å². The van der Waals surface area contributed by atoms with Crippen LogP contribution in [-0.2, 0) is 14.8 Å². The Balaban J connectivity index is 1.98.